The smallest absolute Gasteiger partial charge is 0.225 e. The molecule has 3 heterocycles. The minimum Gasteiger partial charge on any atom is -0.372 e. The zero-order chi connectivity index (χ0) is 19.5. The van der Waals surface area contributed by atoms with Crippen LogP contribution in [0.15, 0.2) is 30.3 Å². The number of morpholine rings is 1. The van der Waals surface area contributed by atoms with Crippen LogP contribution >= 0.6 is 11.5 Å². The van der Waals surface area contributed by atoms with Gasteiger partial charge in [-0.3, -0.25) is 4.79 Å². The van der Waals surface area contributed by atoms with E-state index in [9.17, 15) is 4.79 Å². The van der Waals surface area contributed by atoms with E-state index < -0.39 is 0 Å². The number of nitrogens with zero attached hydrogens (tertiary/aromatic N) is 4. The first-order valence-corrected chi connectivity index (χ1v) is 10.9. The topological polar surface area (TPSA) is 58.6 Å². The van der Waals surface area contributed by atoms with E-state index in [2.05, 4.69) is 21.4 Å². The lowest BCUT2D eigenvalue weighted by Gasteiger charge is -2.39. The van der Waals surface area contributed by atoms with Crippen molar-refractivity contribution in [1.82, 2.24) is 14.3 Å². The van der Waals surface area contributed by atoms with Crippen LogP contribution in [0.2, 0.25) is 0 Å². The Bertz CT molecular complexity index is 779. The average Bonchev–Trinajstić information content (AvgIpc) is 3.16. The van der Waals surface area contributed by atoms with Crippen molar-refractivity contribution in [3.63, 3.8) is 0 Å². The minimum absolute atomic E-state index is 0.116. The second kappa shape index (κ2) is 8.57. The zero-order valence-electron chi connectivity index (χ0n) is 16.6. The molecule has 0 N–H and O–H groups in total. The molecule has 0 saturated carbocycles. The van der Waals surface area contributed by atoms with Gasteiger partial charge in [-0.15, -0.1) is 0 Å². The summed E-state index contributed by atoms with van der Waals surface area (Å²) in [5.74, 6) is 1.29. The van der Waals surface area contributed by atoms with Crippen molar-refractivity contribution in [2.24, 2.45) is 5.92 Å². The van der Waals surface area contributed by atoms with Gasteiger partial charge in [0.05, 0.1) is 12.2 Å². The first-order valence-electron chi connectivity index (χ1n) is 10.1. The molecule has 1 amide bonds. The zero-order valence-corrected chi connectivity index (χ0v) is 17.4. The summed E-state index contributed by atoms with van der Waals surface area (Å²) >= 11 is 1.47. The molecule has 0 bridgehead atoms. The quantitative estimate of drug-likeness (QED) is 0.790. The summed E-state index contributed by atoms with van der Waals surface area (Å²) < 4.78 is 10.3. The van der Waals surface area contributed by atoms with E-state index in [4.69, 9.17) is 9.72 Å². The molecular formula is C21H28N4O2S. The fourth-order valence-electron chi connectivity index (χ4n) is 4.16. The summed E-state index contributed by atoms with van der Waals surface area (Å²) in [4.78, 5) is 21.9. The molecule has 28 heavy (non-hydrogen) atoms. The van der Waals surface area contributed by atoms with Crippen molar-refractivity contribution in [3.8, 4) is 0 Å². The van der Waals surface area contributed by atoms with Gasteiger partial charge in [0.1, 0.15) is 5.82 Å². The molecule has 0 spiro atoms. The molecule has 1 aromatic heterocycles. The van der Waals surface area contributed by atoms with Gasteiger partial charge in [-0.2, -0.15) is 4.37 Å². The Labute approximate surface area is 170 Å². The Morgan fingerprint density at radius 3 is 2.50 bits per heavy atom. The van der Waals surface area contributed by atoms with E-state index in [0.717, 1.165) is 43.3 Å². The Kier molecular flexibility index (Phi) is 5.92. The summed E-state index contributed by atoms with van der Waals surface area (Å²) in [5.41, 5.74) is 1.23. The number of anilines is 1. The molecule has 0 radical (unpaired) electrons. The van der Waals surface area contributed by atoms with Gasteiger partial charge in [0.25, 0.3) is 0 Å². The third-order valence-corrected chi connectivity index (χ3v) is 6.32. The lowest BCUT2D eigenvalue weighted by atomic mass is 9.95. The number of amides is 1. The SMILES string of the molecule is CC1CN(C(=O)C2CCN(c3nc(Cc4ccccc4)ns3)CC2)CC(C)O1. The standard InChI is InChI=1S/C21H28N4O2S/c1-15-13-25(14-16(2)27-15)20(26)18-8-10-24(11-9-18)21-22-19(23-28-21)12-17-6-4-3-5-7-17/h3-7,15-16,18H,8-14H2,1-2H3. The monoisotopic (exact) mass is 400 g/mol. The van der Waals surface area contributed by atoms with Crippen LogP contribution in [0.4, 0.5) is 5.13 Å². The van der Waals surface area contributed by atoms with Crippen LogP contribution in [0.25, 0.3) is 0 Å². The van der Waals surface area contributed by atoms with E-state index >= 15 is 0 Å². The summed E-state index contributed by atoms with van der Waals surface area (Å²) in [6, 6.07) is 10.3. The maximum Gasteiger partial charge on any atom is 0.225 e. The number of benzene rings is 1. The van der Waals surface area contributed by atoms with Gasteiger partial charge >= 0.3 is 0 Å². The molecule has 6 nitrogen and oxygen atoms in total. The molecule has 2 fully saturated rings. The van der Waals surface area contributed by atoms with Gasteiger partial charge in [0.2, 0.25) is 11.0 Å². The normalized spacial score (nSPS) is 23.8. The van der Waals surface area contributed by atoms with Gasteiger partial charge in [-0.25, -0.2) is 4.98 Å². The van der Waals surface area contributed by atoms with Crippen LogP contribution in [0.5, 0.6) is 0 Å². The van der Waals surface area contributed by atoms with Gasteiger partial charge < -0.3 is 14.5 Å². The van der Waals surface area contributed by atoms with Crippen LogP contribution in [-0.2, 0) is 16.0 Å². The number of carbonyl (C=O) groups excluding carboxylic acids is 1. The van der Waals surface area contributed by atoms with Crippen molar-refractivity contribution < 1.29 is 9.53 Å². The molecule has 2 unspecified atom stereocenters. The second-order valence-corrected chi connectivity index (χ2v) is 8.65. The first kappa shape index (κ1) is 19.3. The molecule has 2 saturated heterocycles. The molecule has 1 aromatic carbocycles. The molecular weight excluding hydrogens is 372 g/mol. The summed E-state index contributed by atoms with van der Waals surface area (Å²) in [6.45, 7) is 7.24. The first-order chi connectivity index (χ1) is 13.6. The lowest BCUT2D eigenvalue weighted by Crippen LogP contribution is -2.51. The Balaban J connectivity index is 1.31. The van der Waals surface area contributed by atoms with Crippen LogP contribution in [0, 0.1) is 5.92 Å². The average molecular weight is 401 g/mol. The Morgan fingerprint density at radius 2 is 1.82 bits per heavy atom. The molecule has 0 aliphatic carbocycles. The van der Waals surface area contributed by atoms with Crippen LogP contribution in [-0.4, -0.2) is 58.6 Å². The summed E-state index contributed by atoms with van der Waals surface area (Å²) in [5, 5.41) is 0.977. The highest BCUT2D eigenvalue weighted by molar-refractivity contribution is 7.09. The fourth-order valence-corrected chi connectivity index (χ4v) is 4.89. The van der Waals surface area contributed by atoms with E-state index in [1.54, 1.807) is 0 Å². The number of ether oxygens (including phenoxy) is 1. The summed E-state index contributed by atoms with van der Waals surface area (Å²) in [6.07, 6.45) is 2.77. The van der Waals surface area contributed by atoms with Gasteiger partial charge in [0, 0.05) is 50.1 Å². The highest BCUT2D eigenvalue weighted by atomic mass is 32.1. The van der Waals surface area contributed by atoms with Gasteiger partial charge in [-0.1, -0.05) is 30.3 Å². The van der Waals surface area contributed by atoms with Crippen molar-refractivity contribution in [2.45, 2.75) is 45.3 Å². The molecule has 2 aromatic rings. The molecule has 2 aliphatic rings. The third-order valence-electron chi connectivity index (χ3n) is 5.51. The van der Waals surface area contributed by atoms with Gasteiger partial charge in [-0.05, 0) is 32.3 Å². The van der Waals surface area contributed by atoms with Crippen molar-refractivity contribution >= 4 is 22.6 Å². The fraction of sp³-hybridized carbons (Fsp3) is 0.571. The van der Waals surface area contributed by atoms with Gasteiger partial charge in [0.15, 0.2) is 0 Å². The Hall–Kier alpha value is -1.99. The summed E-state index contributed by atoms with van der Waals surface area (Å²) in [7, 11) is 0. The minimum atomic E-state index is 0.116. The van der Waals surface area contributed by atoms with E-state index in [-0.39, 0.29) is 18.1 Å². The molecule has 7 heteroatoms. The number of hydrogen-bond acceptors (Lipinski definition) is 6. The maximum atomic E-state index is 12.9. The number of hydrogen-bond donors (Lipinski definition) is 0. The molecule has 2 atom stereocenters. The lowest BCUT2D eigenvalue weighted by molar-refractivity contribution is -0.148. The third kappa shape index (κ3) is 4.52. The van der Waals surface area contributed by atoms with E-state index in [0.29, 0.717) is 19.0 Å². The van der Waals surface area contributed by atoms with Crippen LogP contribution < -0.4 is 4.90 Å². The number of carbonyl (C=O) groups is 1. The highest BCUT2D eigenvalue weighted by Crippen LogP contribution is 2.27. The second-order valence-electron chi connectivity index (χ2n) is 7.92. The number of piperidine rings is 1. The van der Waals surface area contributed by atoms with Crippen LogP contribution in [0.1, 0.15) is 38.1 Å². The predicted octanol–water partition coefficient (Wildman–Crippen LogP) is 2.98. The largest absolute Gasteiger partial charge is 0.372 e. The molecule has 2 aliphatic heterocycles. The highest BCUT2D eigenvalue weighted by Gasteiger charge is 2.33. The van der Waals surface area contributed by atoms with E-state index in [1.165, 1.54) is 17.1 Å². The molecule has 4 rings (SSSR count). The number of aromatic nitrogens is 2. The van der Waals surface area contributed by atoms with E-state index in [1.807, 2.05) is 36.9 Å². The van der Waals surface area contributed by atoms with Crippen molar-refractivity contribution in [1.29, 1.82) is 0 Å². The maximum absolute atomic E-state index is 12.9. The number of rotatable bonds is 4. The molecule has 150 valence electrons. The van der Waals surface area contributed by atoms with Crippen molar-refractivity contribution in [2.75, 3.05) is 31.1 Å². The predicted molar refractivity (Wildman–Crippen MR) is 111 cm³/mol. The Morgan fingerprint density at radius 1 is 1.14 bits per heavy atom. The van der Waals surface area contributed by atoms with Crippen LogP contribution in [0.3, 0.4) is 0 Å². The van der Waals surface area contributed by atoms with Crippen molar-refractivity contribution in [3.05, 3.63) is 41.7 Å².